The van der Waals surface area contributed by atoms with Crippen LogP contribution in [0, 0.1) is 0 Å². The fraction of sp³-hybridized carbons (Fsp3) is 0.684. The number of fused-ring (bicyclic) bond motifs is 1. The van der Waals surface area contributed by atoms with Crippen molar-refractivity contribution in [2.75, 3.05) is 115 Å². The molecule has 1 amide bonds. The average molecular weight is 846 g/mol. The van der Waals surface area contributed by atoms with Crippen LogP contribution in [0.3, 0.4) is 0 Å². The largest absolute Gasteiger partial charge is 0.480 e. The Bertz CT molecular complexity index is 1890. The van der Waals surface area contributed by atoms with Crippen molar-refractivity contribution in [3.05, 3.63) is 12.5 Å². The summed E-state index contributed by atoms with van der Waals surface area (Å²) in [6.07, 6.45) is 5.33. The van der Waals surface area contributed by atoms with E-state index in [1.165, 1.54) is 7.11 Å². The molecule has 3 aromatic heterocycles. The number of aryl methyl sites for hydroxylation is 1. The third kappa shape index (κ3) is 13.7. The zero-order chi connectivity index (χ0) is 43.4. The topological polar surface area (TPSA) is 240 Å². The van der Waals surface area contributed by atoms with Gasteiger partial charge < -0.3 is 40.2 Å². The molecule has 2 aliphatic heterocycles. The van der Waals surface area contributed by atoms with Gasteiger partial charge in [-0.05, 0) is 46.5 Å². The molecule has 332 valence electrons. The molecule has 0 bridgehead atoms. The molecule has 1 unspecified atom stereocenters. The third-order valence-corrected chi connectivity index (χ3v) is 10.5. The number of anilines is 3. The van der Waals surface area contributed by atoms with Gasteiger partial charge in [0.25, 0.3) is 5.88 Å². The highest BCUT2D eigenvalue weighted by Gasteiger charge is 2.28. The number of hydrogen-bond donors (Lipinski definition) is 5. The first kappa shape index (κ1) is 45.9. The summed E-state index contributed by atoms with van der Waals surface area (Å²) in [5, 5.41) is 39.2. The maximum atomic E-state index is 14.2. The molecule has 21 nitrogen and oxygen atoms in total. The van der Waals surface area contributed by atoms with Gasteiger partial charge in [-0.3, -0.25) is 43.5 Å². The fourth-order valence-electron chi connectivity index (χ4n) is 7.24. The van der Waals surface area contributed by atoms with E-state index in [0.29, 0.717) is 113 Å². The van der Waals surface area contributed by atoms with E-state index in [9.17, 15) is 38.9 Å². The Kier molecular flexibility index (Phi) is 16.3. The molecule has 22 heteroatoms. The normalized spacial score (nSPS) is 18.3. The van der Waals surface area contributed by atoms with Gasteiger partial charge in [-0.1, -0.05) is 0 Å². The minimum Gasteiger partial charge on any atom is -0.480 e. The molecular weight excluding hydrogens is 785 g/mol. The number of hydrogen-bond acceptors (Lipinski definition) is 15. The number of carbonyl (C=O) groups excluding carboxylic acids is 1. The van der Waals surface area contributed by atoms with Crippen LogP contribution in [-0.2, 0) is 31.3 Å². The van der Waals surface area contributed by atoms with E-state index >= 15 is 0 Å². The molecule has 0 spiro atoms. The van der Waals surface area contributed by atoms with Gasteiger partial charge in [0.15, 0.2) is 17.0 Å². The first-order chi connectivity index (χ1) is 28.6. The van der Waals surface area contributed by atoms with Gasteiger partial charge in [0.05, 0.1) is 52.4 Å². The summed E-state index contributed by atoms with van der Waals surface area (Å²) < 4.78 is 23.5. The molecular formula is C38H60FN13O8. The SMILES string of the molecule is COc1nn(CCCCCNC(=O)CN2CCN(CC(=O)O)CCN(CC(=O)O)CCN(CC(=O)O)CC2)cc1Nc1nc(N2CCC(F)C2)nc2c1ncn2C(C)(C)C. The predicted octanol–water partition coefficient (Wildman–Crippen LogP) is 0.840. The highest BCUT2D eigenvalue weighted by Crippen LogP contribution is 2.32. The van der Waals surface area contributed by atoms with E-state index in [0.717, 1.165) is 19.3 Å². The molecule has 1 atom stereocenters. The van der Waals surface area contributed by atoms with Crippen molar-refractivity contribution in [2.45, 2.75) is 64.7 Å². The molecule has 3 aromatic rings. The number of imidazole rings is 1. The van der Waals surface area contributed by atoms with Gasteiger partial charge in [0.2, 0.25) is 11.9 Å². The maximum Gasteiger partial charge on any atom is 0.317 e. The van der Waals surface area contributed by atoms with Crippen LogP contribution in [0.5, 0.6) is 5.88 Å². The van der Waals surface area contributed by atoms with Crippen LogP contribution >= 0.6 is 0 Å². The van der Waals surface area contributed by atoms with E-state index < -0.39 is 24.1 Å². The van der Waals surface area contributed by atoms with Crippen LogP contribution in [-0.4, -0.2) is 199 Å². The average Bonchev–Trinajstić information content (AvgIpc) is 3.91. The van der Waals surface area contributed by atoms with Crippen LogP contribution in [0.15, 0.2) is 12.5 Å². The lowest BCUT2D eigenvalue weighted by Gasteiger charge is -2.32. The van der Waals surface area contributed by atoms with Crippen molar-refractivity contribution in [3.8, 4) is 5.88 Å². The van der Waals surface area contributed by atoms with E-state index in [2.05, 4.69) is 41.5 Å². The second-order valence-corrected chi connectivity index (χ2v) is 16.3. The number of rotatable bonds is 18. The number of unbranched alkanes of at least 4 members (excludes halogenated alkanes) is 2. The number of aromatic nitrogens is 6. The molecule has 5 N–H and O–H groups in total. The Hall–Kier alpha value is -5.19. The number of amides is 1. The van der Waals surface area contributed by atoms with Gasteiger partial charge in [-0.15, -0.1) is 5.10 Å². The Balaban J connectivity index is 1.13. The van der Waals surface area contributed by atoms with E-state index in [1.807, 2.05) is 20.6 Å². The zero-order valence-electron chi connectivity index (χ0n) is 35.1. The predicted molar refractivity (Wildman–Crippen MR) is 220 cm³/mol. The summed E-state index contributed by atoms with van der Waals surface area (Å²) in [5.74, 6) is -1.98. The van der Waals surface area contributed by atoms with E-state index in [4.69, 9.17) is 14.7 Å². The summed E-state index contributed by atoms with van der Waals surface area (Å²) in [4.78, 5) is 70.7. The third-order valence-electron chi connectivity index (χ3n) is 10.5. The van der Waals surface area contributed by atoms with Gasteiger partial charge >= 0.3 is 17.9 Å². The van der Waals surface area contributed by atoms with Crippen molar-refractivity contribution < 1.29 is 43.6 Å². The lowest BCUT2D eigenvalue weighted by molar-refractivity contribution is -0.140. The van der Waals surface area contributed by atoms with Crippen molar-refractivity contribution >= 4 is 52.4 Å². The quantitative estimate of drug-likeness (QED) is 0.112. The first-order valence-electron chi connectivity index (χ1n) is 20.4. The number of ether oxygens (including phenoxy) is 1. The number of carbonyl (C=O) groups is 4. The van der Waals surface area contributed by atoms with Crippen LogP contribution in [0.2, 0.25) is 0 Å². The number of halogens is 1. The van der Waals surface area contributed by atoms with Crippen molar-refractivity contribution in [2.24, 2.45) is 0 Å². The number of carboxylic acids is 3. The van der Waals surface area contributed by atoms with E-state index in [1.54, 1.807) is 25.7 Å². The standard InChI is InChI=1S/C38H60FN13O8/c1-38(2,3)52-26-41-33-34(43-37(44-35(33)52)50-11-8-27(39)20-50)42-28-21-51(45-36(28)60-4)10-7-5-6-9-40-29(53)22-46-12-14-47(23-30(54)55)16-18-49(25-32(58)59)19-17-48(15-13-46)24-31(56)57/h21,26-27H,5-20,22-25H2,1-4H3,(H,40,53)(H,54,55)(H,56,57)(H,58,59)(H,42,43,44). The smallest absolute Gasteiger partial charge is 0.317 e. The number of carboxylic acid groups (broad SMARTS) is 3. The minimum atomic E-state index is -1.02. The lowest BCUT2D eigenvalue weighted by Crippen LogP contribution is -2.49. The monoisotopic (exact) mass is 845 g/mol. The summed E-state index contributed by atoms with van der Waals surface area (Å²) in [6, 6.07) is 0. The number of nitrogens with zero attached hydrogens (tertiary/aromatic N) is 11. The highest BCUT2D eigenvalue weighted by molar-refractivity contribution is 5.87. The van der Waals surface area contributed by atoms with Gasteiger partial charge in [-0.2, -0.15) is 9.97 Å². The summed E-state index contributed by atoms with van der Waals surface area (Å²) in [5.41, 5.74) is 1.48. The second-order valence-electron chi connectivity index (χ2n) is 16.3. The van der Waals surface area contributed by atoms with Gasteiger partial charge in [0, 0.05) is 77.5 Å². The van der Waals surface area contributed by atoms with Crippen molar-refractivity contribution in [3.63, 3.8) is 0 Å². The molecule has 5 heterocycles. The lowest BCUT2D eigenvalue weighted by atomic mass is 10.1. The molecule has 0 saturated carbocycles. The molecule has 5 rings (SSSR count). The Morgan fingerprint density at radius 1 is 0.817 bits per heavy atom. The molecule has 2 saturated heterocycles. The summed E-state index contributed by atoms with van der Waals surface area (Å²) >= 11 is 0. The van der Waals surface area contributed by atoms with Crippen LogP contribution in [0.25, 0.3) is 11.2 Å². The van der Waals surface area contributed by atoms with Gasteiger partial charge in [-0.25, -0.2) is 9.37 Å². The first-order valence-corrected chi connectivity index (χ1v) is 20.4. The van der Waals surface area contributed by atoms with Crippen LogP contribution < -0.4 is 20.3 Å². The summed E-state index contributed by atoms with van der Waals surface area (Å²) in [7, 11) is 1.54. The maximum absolute atomic E-state index is 14.2. The Morgan fingerprint density at radius 2 is 1.38 bits per heavy atom. The number of nitrogens with one attached hydrogen (secondary N) is 2. The van der Waals surface area contributed by atoms with Crippen LogP contribution in [0.1, 0.15) is 46.5 Å². The van der Waals surface area contributed by atoms with Crippen LogP contribution in [0.4, 0.5) is 21.8 Å². The van der Waals surface area contributed by atoms with Gasteiger partial charge in [0.1, 0.15) is 11.9 Å². The summed E-state index contributed by atoms with van der Waals surface area (Å²) in [6.45, 7) is 9.91. The highest BCUT2D eigenvalue weighted by atomic mass is 19.1. The Labute approximate surface area is 348 Å². The molecule has 2 fully saturated rings. The molecule has 2 aliphatic rings. The molecule has 60 heavy (non-hydrogen) atoms. The van der Waals surface area contributed by atoms with E-state index in [-0.39, 0.29) is 44.2 Å². The molecule has 0 aliphatic carbocycles. The van der Waals surface area contributed by atoms with Crippen molar-refractivity contribution in [1.82, 2.24) is 54.2 Å². The zero-order valence-corrected chi connectivity index (χ0v) is 35.1. The minimum absolute atomic E-state index is 0.0564. The number of methoxy groups -OCH3 is 1. The number of aliphatic carboxylic acids is 3. The second kappa shape index (κ2) is 21.4. The number of alkyl halides is 1. The van der Waals surface area contributed by atoms with Crippen molar-refractivity contribution in [1.29, 1.82) is 0 Å². The molecule has 0 radical (unpaired) electrons. The Morgan fingerprint density at radius 3 is 1.88 bits per heavy atom. The molecule has 0 aromatic carbocycles. The fourth-order valence-corrected chi connectivity index (χ4v) is 7.24.